The van der Waals surface area contributed by atoms with Gasteiger partial charge in [0.15, 0.2) is 20.6 Å². The quantitative estimate of drug-likeness (QED) is 0.389. The Bertz CT molecular complexity index is 1670. The van der Waals surface area contributed by atoms with Crippen molar-refractivity contribution in [3.8, 4) is 29.0 Å². The van der Waals surface area contributed by atoms with Crippen LogP contribution in [0, 0.1) is 17.2 Å². The summed E-state index contributed by atoms with van der Waals surface area (Å²) in [4.78, 5) is 26.7. The van der Waals surface area contributed by atoms with E-state index in [1.165, 1.54) is 19.2 Å². The lowest BCUT2D eigenvalue weighted by molar-refractivity contribution is -0.114. The maximum absolute atomic E-state index is 12.5. The summed E-state index contributed by atoms with van der Waals surface area (Å²) >= 11 is 0. The number of nitriles is 1. The van der Waals surface area contributed by atoms with Crippen LogP contribution in [0.15, 0.2) is 41.6 Å². The molecular formula is C27H29N7O6S. The first kappa shape index (κ1) is 28.1. The van der Waals surface area contributed by atoms with Crippen molar-refractivity contribution in [3.05, 3.63) is 36.5 Å². The van der Waals surface area contributed by atoms with Crippen molar-refractivity contribution in [2.75, 3.05) is 41.5 Å². The molecule has 13 nitrogen and oxygen atoms in total. The Morgan fingerprint density at radius 1 is 1.20 bits per heavy atom. The maximum atomic E-state index is 12.5. The Kier molecular flexibility index (Phi) is 7.18. The van der Waals surface area contributed by atoms with Crippen LogP contribution in [0.1, 0.15) is 20.8 Å². The lowest BCUT2D eigenvalue weighted by Gasteiger charge is -2.31. The van der Waals surface area contributed by atoms with E-state index in [-0.39, 0.29) is 35.7 Å². The fourth-order valence-electron chi connectivity index (χ4n) is 4.53. The summed E-state index contributed by atoms with van der Waals surface area (Å²) in [5, 5.41) is 25.2. The molecule has 0 aromatic carbocycles. The summed E-state index contributed by atoms with van der Waals surface area (Å²) in [6.45, 7) is 5.88. The Hall–Kier alpha value is -4.48. The molecule has 0 spiro atoms. The highest BCUT2D eigenvalue weighted by molar-refractivity contribution is 7.90. The molecule has 41 heavy (non-hydrogen) atoms. The zero-order chi connectivity index (χ0) is 29.5. The van der Waals surface area contributed by atoms with Crippen molar-refractivity contribution in [3.63, 3.8) is 0 Å². The van der Waals surface area contributed by atoms with Crippen LogP contribution >= 0.6 is 0 Å². The standard InChI is InChI=1S/C27H29N7O6S/c1-15(35)30-23-9-20(18(11-29-23)19-5-6-22-26(32-19)39-14-27(2,3)40-22)31-24-7-17(8-25(33-24)41(4,37)38)34-12-16(10-28)21(36)13-34/h5-9,11,16,21,36H,12-14H2,1-4H3,(H2,29,30,31,33,35)/t16-,21+/m0/s1. The normalized spacial score (nSPS) is 19.4. The molecule has 2 aliphatic heterocycles. The second kappa shape index (κ2) is 10.5. The van der Waals surface area contributed by atoms with Gasteiger partial charge in [-0.05, 0) is 32.0 Å². The zero-order valence-electron chi connectivity index (χ0n) is 22.9. The van der Waals surface area contributed by atoms with Crippen molar-refractivity contribution in [1.29, 1.82) is 5.26 Å². The molecule has 2 aliphatic rings. The minimum atomic E-state index is -3.73. The second-order valence-corrected chi connectivity index (χ2v) is 12.6. The van der Waals surface area contributed by atoms with Gasteiger partial charge in [0, 0.05) is 55.8 Å². The van der Waals surface area contributed by atoms with Crippen molar-refractivity contribution in [1.82, 2.24) is 15.0 Å². The van der Waals surface area contributed by atoms with E-state index in [0.717, 1.165) is 6.26 Å². The highest BCUT2D eigenvalue weighted by Gasteiger charge is 2.33. The number of rotatable bonds is 6. The lowest BCUT2D eigenvalue weighted by Crippen LogP contribution is -2.39. The molecule has 0 bridgehead atoms. The fraction of sp³-hybridized carbons (Fsp3) is 0.370. The Balaban J connectivity index is 1.57. The highest BCUT2D eigenvalue weighted by Crippen LogP contribution is 2.38. The Morgan fingerprint density at radius 2 is 1.98 bits per heavy atom. The molecule has 5 heterocycles. The van der Waals surface area contributed by atoms with Crippen LogP contribution in [0.5, 0.6) is 11.6 Å². The van der Waals surface area contributed by atoms with E-state index < -0.39 is 27.5 Å². The highest BCUT2D eigenvalue weighted by atomic mass is 32.2. The molecule has 3 aromatic rings. The predicted octanol–water partition coefficient (Wildman–Crippen LogP) is 2.51. The van der Waals surface area contributed by atoms with E-state index in [1.807, 2.05) is 13.8 Å². The van der Waals surface area contributed by atoms with Crippen molar-refractivity contribution < 1.29 is 27.8 Å². The molecular weight excluding hydrogens is 550 g/mol. The first-order valence-corrected chi connectivity index (χ1v) is 14.6. The summed E-state index contributed by atoms with van der Waals surface area (Å²) in [5.74, 6) is 0.312. The van der Waals surface area contributed by atoms with Crippen LogP contribution in [-0.2, 0) is 14.6 Å². The van der Waals surface area contributed by atoms with E-state index in [2.05, 4.69) is 31.7 Å². The molecule has 0 aliphatic carbocycles. The van der Waals surface area contributed by atoms with Crippen LogP contribution in [0.2, 0.25) is 0 Å². The van der Waals surface area contributed by atoms with E-state index >= 15 is 0 Å². The second-order valence-electron chi connectivity index (χ2n) is 10.6. The number of nitrogens with zero attached hydrogens (tertiary/aromatic N) is 5. The number of aliphatic hydroxyl groups is 1. The summed E-state index contributed by atoms with van der Waals surface area (Å²) in [6, 6.07) is 10.2. The smallest absolute Gasteiger partial charge is 0.257 e. The number of hydrogen-bond donors (Lipinski definition) is 3. The van der Waals surface area contributed by atoms with E-state index in [9.17, 15) is 23.6 Å². The molecule has 214 valence electrons. The van der Waals surface area contributed by atoms with Crippen LogP contribution in [0.3, 0.4) is 0 Å². The molecule has 3 aromatic heterocycles. The van der Waals surface area contributed by atoms with Gasteiger partial charge in [-0.1, -0.05) is 0 Å². The molecule has 5 rings (SSSR count). The van der Waals surface area contributed by atoms with Crippen molar-refractivity contribution in [2.45, 2.75) is 37.5 Å². The molecule has 0 saturated carbocycles. The molecule has 1 fully saturated rings. The summed E-state index contributed by atoms with van der Waals surface area (Å²) < 4.78 is 36.8. The number of carbonyl (C=O) groups is 1. The van der Waals surface area contributed by atoms with Crippen LogP contribution in [0.4, 0.5) is 23.0 Å². The summed E-state index contributed by atoms with van der Waals surface area (Å²) in [7, 11) is -3.73. The molecule has 2 atom stereocenters. The first-order chi connectivity index (χ1) is 19.3. The number of anilines is 4. The number of pyridine rings is 3. The van der Waals surface area contributed by atoms with Gasteiger partial charge in [-0.25, -0.2) is 23.4 Å². The van der Waals surface area contributed by atoms with E-state index in [0.29, 0.717) is 40.9 Å². The van der Waals surface area contributed by atoms with E-state index in [4.69, 9.17) is 9.47 Å². The molecule has 3 N–H and O–H groups in total. The largest absolute Gasteiger partial charge is 0.479 e. The third kappa shape index (κ3) is 6.16. The lowest BCUT2D eigenvalue weighted by atomic mass is 10.1. The SMILES string of the molecule is CC(=O)Nc1cc(Nc2cc(N3C[C@@H](O)[C@@H](C#N)C3)cc(S(C)(=O)=O)n2)c(-c2ccc3c(n2)OCC(C)(C)O3)cn1. The van der Waals surface area contributed by atoms with Crippen molar-refractivity contribution in [2.24, 2.45) is 5.92 Å². The van der Waals surface area contributed by atoms with Gasteiger partial charge in [-0.2, -0.15) is 5.26 Å². The number of fused-ring (bicyclic) bond motifs is 1. The average Bonchev–Trinajstić information content (AvgIpc) is 3.28. The number of amides is 1. The third-order valence-corrected chi connectivity index (χ3v) is 7.47. The van der Waals surface area contributed by atoms with Gasteiger partial charge in [-0.3, -0.25) is 4.79 Å². The first-order valence-electron chi connectivity index (χ1n) is 12.7. The minimum Gasteiger partial charge on any atom is -0.479 e. The fourth-order valence-corrected chi connectivity index (χ4v) is 5.13. The summed E-state index contributed by atoms with van der Waals surface area (Å²) in [5.41, 5.74) is 1.39. The van der Waals surface area contributed by atoms with E-state index in [1.54, 1.807) is 29.2 Å². The number of ether oxygens (including phenoxy) is 2. The Morgan fingerprint density at radius 3 is 2.66 bits per heavy atom. The maximum Gasteiger partial charge on any atom is 0.257 e. The van der Waals surface area contributed by atoms with Gasteiger partial charge in [-0.15, -0.1) is 0 Å². The van der Waals surface area contributed by atoms with Crippen molar-refractivity contribution >= 4 is 38.8 Å². The number of hydrogen-bond acceptors (Lipinski definition) is 12. The molecule has 1 saturated heterocycles. The number of sulfone groups is 1. The van der Waals surface area contributed by atoms with Crippen LogP contribution in [-0.4, -0.2) is 72.0 Å². The third-order valence-electron chi connectivity index (χ3n) is 6.50. The van der Waals surface area contributed by atoms with Crippen LogP contribution in [0.25, 0.3) is 11.3 Å². The zero-order valence-corrected chi connectivity index (χ0v) is 23.7. The predicted molar refractivity (Wildman–Crippen MR) is 150 cm³/mol. The minimum absolute atomic E-state index is 0.163. The molecule has 1 amide bonds. The topological polar surface area (TPSA) is 180 Å². The van der Waals surface area contributed by atoms with Gasteiger partial charge in [0.25, 0.3) is 5.88 Å². The average molecular weight is 580 g/mol. The number of β-amino-alcohol motifs (C(OH)–C–C–N with tert-alkyl or cyclic N) is 1. The van der Waals surface area contributed by atoms with Gasteiger partial charge < -0.3 is 30.1 Å². The van der Waals surface area contributed by atoms with Crippen LogP contribution < -0.4 is 25.0 Å². The Labute approximate surface area is 237 Å². The molecule has 0 unspecified atom stereocenters. The summed E-state index contributed by atoms with van der Waals surface area (Å²) in [6.07, 6.45) is 1.70. The number of aromatic nitrogens is 3. The number of nitrogens with one attached hydrogen (secondary N) is 2. The van der Waals surface area contributed by atoms with Gasteiger partial charge >= 0.3 is 0 Å². The van der Waals surface area contributed by atoms with Gasteiger partial charge in [0.05, 0.1) is 29.5 Å². The molecule has 0 radical (unpaired) electrons. The van der Waals surface area contributed by atoms with Gasteiger partial charge in [0.1, 0.15) is 23.8 Å². The monoisotopic (exact) mass is 579 g/mol. The van der Waals surface area contributed by atoms with Gasteiger partial charge in [0.2, 0.25) is 5.91 Å². The molecule has 14 heteroatoms. The number of aliphatic hydroxyl groups excluding tert-OH is 1. The number of carbonyl (C=O) groups excluding carboxylic acids is 1.